The lowest BCUT2D eigenvalue weighted by atomic mass is 10.4. The first-order chi connectivity index (χ1) is 2.89. The van der Waals surface area contributed by atoms with Crippen molar-refractivity contribution in [2.24, 2.45) is 0 Å². The molecule has 0 aromatic carbocycles. The molecule has 0 atom stereocenters. The normalized spacial score (nSPS) is 19.1. The number of carbonyl (C=O) groups excluding carboxylic acids is 1. The molecular formula is C5H11NO. The van der Waals surface area contributed by atoms with Crippen LogP contribution in [-0.4, -0.2) is 5.78 Å². The lowest BCUT2D eigenvalue weighted by molar-refractivity contribution is -0.117. The highest BCUT2D eigenvalue weighted by Gasteiger charge is 2.07. The second kappa shape index (κ2) is 2.75. The molecule has 1 rings (SSSR count). The van der Waals surface area contributed by atoms with Crippen molar-refractivity contribution in [1.82, 2.24) is 6.15 Å². The number of hydrogen-bond donors (Lipinski definition) is 1. The fourth-order valence-electron chi connectivity index (χ4n) is 0.769. The molecule has 2 heteroatoms. The lowest BCUT2D eigenvalue weighted by Crippen LogP contribution is -1.81. The minimum Gasteiger partial charge on any atom is -0.344 e. The molecule has 0 saturated heterocycles. The van der Waals surface area contributed by atoms with Gasteiger partial charge in [-0.1, -0.05) is 0 Å². The molecule has 1 saturated carbocycles. The van der Waals surface area contributed by atoms with E-state index in [1.165, 1.54) is 0 Å². The average Bonchev–Trinajstić information content (AvgIpc) is 1.86. The van der Waals surface area contributed by atoms with Crippen molar-refractivity contribution < 1.29 is 4.79 Å². The van der Waals surface area contributed by atoms with E-state index in [1.54, 1.807) is 0 Å². The number of hydrogen-bond acceptors (Lipinski definition) is 2. The Kier molecular flexibility index (Phi) is 2.60. The summed E-state index contributed by atoms with van der Waals surface area (Å²) in [5, 5.41) is 0. The van der Waals surface area contributed by atoms with Crippen LogP contribution in [0.3, 0.4) is 0 Å². The molecule has 0 amide bonds. The fourth-order valence-corrected chi connectivity index (χ4v) is 0.769. The third kappa shape index (κ3) is 1.69. The Hall–Kier alpha value is -0.370. The van der Waals surface area contributed by atoms with Gasteiger partial charge in [-0.15, -0.1) is 0 Å². The number of rotatable bonds is 0. The summed E-state index contributed by atoms with van der Waals surface area (Å²) in [5.41, 5.74) is 0. The van der Waals surface area contributed by atoms with E-state index >= 15 is 0 Å². The zero-order valence-corrected chi connectivity index (χ0v) is 4.44. The third-order valence-electron chi connectivity index (χ3n) is 1.16. The van der Waals surface area contributed by atoms with Gasteiger partial charge in [-0.05, 0) is 12.8 Å². The van der Waals surface area contributed by atoms with Crippen molar-refractivity contribution >= 4 is 5.78 Å². The summed E-state index contributed by atoms with van der Waals surface area (Å²) >= 11 is 0. The molecule has 0 aliphatic heterocycles. The Balaban J connectivity index is 0.000000360. The van der Waals surface area contributed by atoms with Crippen molar-refractivity contribution in [3.63, 3.8) is 0 Å². The van der Waals surface area contributed by atoms with Gasteiger partial charge < -0.3 is 6.15 Å². The summed E-state index contributed by atoms with van der Waals surface area (Å²) in [4.78, 5) is 10.2. The smallest absolute Gasteiger partial charge is 0.132 e. The van der Waals surface area contributed by atoms with Gasteiger partial charge in [0.2, 0.25) is 0 Å². The van der Waals surface area contributed by atoms with Crippen LogP contribution in [0.4, 0.5) is 0 Å². The molecule has 7 heavy (non-hydrogen) atoms. The van der Waals surface area contributed by atoms with Crippen LogP contribution in [0.15, 0.2) is 0 Å². The van der Waals surface area contributed by atoms with E-state index in [9.17, 15) is 4.79 Å². The van der Waals surface area contributed by atoms with Gasteiger partial charge in [0, 0.05) is 12.8 Å². The number of carbonyl (C=O) groups is 1. The first kappa shape index (κ1) is 6.63. The Morgan fingerprint density at radius 3 is 1.71 bits per heavy atom. The first-order valence-corrected chi connectivity index (χ1v) is 2.41. The molecule has 1 fully saturated rings. The van der Waals surface area contributed by atoms with Gasteiger partial charge in [0.05, 0.1) is 0 Å². The van der Waals surface area contributed by atoms with Crippen LogP contribution in [-0.2, 0) is 4.79 Å². The molecule has 42 valence electrons. The van der Waals surface area contributed by atoms with E-state index in [4.69, 9.17) is 0 Å². The molecule has 1 aliphatic carbocycles. The summed E-state index contributed by atoms with van der Waals surface area (Å²) in [5.74, 6) is 0.454. The minimum atomic E-state index is 0. The molecule has 3 N–H and O–H groups in total. The monoisotopic (exact) mass is 101 g/mol. The Morgan fingerprint density at radius 2 is 1.57 bits per heavy atom. The van der Waals surface area contributed by atoms with Crippen LogP contribution in [0.5, 0.6) is 0 Å². The number of Topliss-reactive ketones (excluding diaryl/α,β-unsaturated/α-hetero) is 1. The largest absolute Gasteiger partial charge is 0.344 e. The molecule has 0 unspecified atom stereocenters. The number of ketones is 1. The third-order valence-corrected chi connectivity index (χ3v) is 1.16. The van der Waals surface area contributed by atoms with Crippen molar-refractivity contribution in [2.75, 3.05) is 0 Å². The van der Waals surface area contributed by atoms with E-state index in [0.717, 1.165) is 25.7 Å². The summed E-state index contributed by atoms with van der Waals surface area (Å²) in [6.45, 7) is 0. The van der Waals surface area contributed by atoms with Gasteiger partial charge in [-0.2, -0.15) is 0 Å². The Morgan fingerprint density at radius 1 is 1.14 bits per heavy atom. The van der Waals surface area contributed by atoms with Crippen molar-refractivity contribution in [3.05, 3.63) is 0 Å². The maximum atomic E-state index is 10.2. The summed E-state index contributed by atoms with van der Waals surface area (Å²) in [6, 6.07) is 0. The first-order valence-electron chi connectivity index (χ1n) is 2.41. The molecule has 1 aliphatic rings. The van der Waals surface area contributed by atoms with E-state index in [2.05, 4.69) is 0 Å². The zero-order chi connectivity index (χ0) is 4.41. The average molecular weight is 101 g/mol. The highest BCUT2D eigenvalue weighted by atomic mass is 16.1. The second-order valence-corrected chi connectivity index (χ2v) is 1.75. The van der Waals surface area contributed by atoms with E-state index in [1.807, 2.05) is 0 Å². The summed E-state index contributed by atoms with van der Waals surface area (Å²) < 4.78 is 0. The summed E-state index contributed by atoms with van der Waals surface area (Å²) in [6.07, 6.45) is 3.97. The van der Waals surface area contributed by atoms with Gasteiger partial charge in [0.15, 0.2) is 0 Å². The van der Waals surface area contributed by atoms with Crippen LogP contribution >= 0.6 is 0 Å². The fraction of sp³-hybridized carbons (Fsp3) is 0.800. The zero-order valence-electron chi connectivity index (χ0n) is 4.44. The minimum absolute atomic E-state index is 0. The molecule has 2 nitrogen and oxygen atoms in total. The van der Waals surface area contributed by atoms with Gasteiger partial charge in [-0.3, -0.25) is 4.79 Å². The topological polar surface area (TPSA) is 52.1 Å². The van der Waals surface area contributed by atoms with Gasteiger partial charge in [0.25, 0.3) is 0 Å². The van der Waals surface area contributed by atoms with Crippen molar-refractivity contribution in [1.29, 1.82) is 0 Å². The van der Waals surface area contributed by atoms with Crippen LogP contribution < -0.4 is 6.15 Å². The molecular weight excluding hydrogens is 90.1 g/mol. The van der Waals surface area contributed by atoms with Crippen molar-refractivity contribution in [2.45, 2.75) is 25.7 Å². The maximum absolute atomic E-state index is 10.2. The van der Waals surface area contributed by atoms with Crippen LogP contribution in [0, 0.1) is 0 Å². The Labute approximate surface area is 43.5 Å². The predicted octanol–water partition coefficient (Wildman–Crippen LogP) is 1.29. The van der Waals surface area contributed by atoms with E-state index in [-0.39, 0.29) is 6.15 Å². The van der Waals surface area contributed by atoms with Gasteiger partial charge >= 0.3 is 0 Å². The molecule has 0 aromatic heterocycles. The molecule has 0 radical (unpaired) electrons. The van der Waals surface area contributed by atoms with Crippen LogP contribution in [0.25, 0.3) is 0 Å². The molecule has 0 bridgehead atoms. The van der Waals surface area contributed by atoms with Gasteiger partial charge in [0.1, 0.15) is 5.78 Å². The highest BCUT2D eigenvalue weighted by Crippen LogP contribution is 2.11. The quantitative estimate of drug-likeness (QED) is 0.500. The summed E-state index contributed by atoms with van der Waals surface area (Å²) in [7, 11) is 0. The van der Waals surface area contributed by atoms with Gasteiger partial charge in [-0.25, -0.2) is 0 Å². The standard InChI is InChI=1S/C5H8O.H3N/c6-5-3-1-2-4-5;/h1-4H2;1H3. The second-order valence-electron chi connectivity index (χ2n) is 1.75. The maximum Gasteiger partial charge on any atom is 0.132 e. The highest BCUT2D eigenvalue weighted by molar-refractivity contribution is 5.79. The predicted molar refractivity (Wildman–Crippen MR) is 28.5 cm³/mol. The van der Waals surface area contributed by atoms with E-state index < -0.39 is 0 Å². The molecule has 0 spiro atoms. The Bertz CT molecular complexity index is 62.5. The molecule has 0 heterocycles. The van der Waals surface area contributed by atoms with Crippen molar-refractivity contribution in [3.8, 4) is 0 Å². The SMILES string of the molecule is N.O=C1CCCC1. The lowest BCUT2D eigenvalue weighted by Gasteiger charge is -1.71. The van der Waals surface area contributed by atoms with E-state index in [0.29, 0.717) is 5.78 Å². The van der Waals surface area contributed by atoms with Crippen LogP contribution in [0.2, 0.25) is 0 Å². The van der Waals surface area contributed by atoms with Crippen LogP contribution in [0.1, 0.15) is 25.7 Å². The molecule has 0 aromatic rings.